The van der Waals surface area contributed by atoms with Gasteiger partial charge < -0.3 is 14.1 Å². The van der Waals surface area contributed by atoms with Crippen LogP contribution in [0.25, 0.3) is 0 Å². The molecule has 1 saturated heterocycles. The number of amides is 1. The van der Waals surface area contributed by atoms with Gasteiger partial charge in [-0.3, -0.25) is 9.89 Å². The Morgan fingerprint density at radius 1 is 1.45 bits per heavy atom. The Balaban J connectivity index is 1.92. The number of furan rings is 1. The van der Waals surface area contributed by atoms with E-state index in [2.05, 4.69) is 15.2 Å². The van der Waals surface area contributed by atoms with Crippen molar-refractivity contribution in [2.45, 2.75) is 39.3 Å². The van der Waals surface area contributed by atoms with Crippen LogP contribution in [0.3, 0.4) is 0 Å². The lowest BCUT2D eigenvalue weighted by Crippen LogP contribution is -2.32. The second-order valence-corrected chi connectivity index (χ2v) is 5.71. The molecule has 1 N–H and O–H groups in total. The summed E-state index contributed by atoms with van der Waals surface area (Å²) in [5.41, 5.74) is 0.841. The molecule has 7 heteroatoms. The highest BCUT2D eigenvalue weighted by molar-refractivity contribution is 5.93. The molecule has 3 rings (SSSR count). The summed E-state index contributed by atoms with van der Waals surface area (Å²) in [7, 11) is 1.65. The van der Waals surface area contributed by atoms with Gasteiger partial charge in [0.2, 0.25) is 0 Å². The summed E-state index contributed by atoms with van der Waals surface area (Å²) in [4.78, 5) is 19.0. The van der Waals surface area contributed by atoms with Crippen molar-refractivity contribution < 1.29 is 13.9 Å². The number of methoxy groups -OCH3 is 1. The molecule has 0 aromatic carbocycles. The van der Waals surface area contributed by atoms with Gasteiger partial charge in [-0.15, -0.1) is 0 Å². The lowest BCUT2D eigenvalue weighted by molar-refractivity contribution is 0.0652. The largest absolute Gasteiger partial charge is 0.456 e. The Hall–Kier alpha value is -2.15. The molecule has 1 fully saturated rings. The van der Waals surface area contributed by atoms with Crippen LogP contribution in [0, 0.1) is 20.8 Å². The van der Waals surface area contributed by atoms with Gasteiger partial charge in [-0.25, -0.2) is 4.98 Å². The minimum absolute atomic E-state index is 0.0240. The van der Waals surface area contributed by atoms with Crippen LogP contribution in [0.15, 0.2) is 10.5 Å². The van der Waals surface area contributed by atoms with E-state index >= 15 is 0 Å². The quantitative estimate of drug-likeness (QED) is 0.936. The molecule has 0 spiro atoms. The Bertz CT molecular complexity index is 691. The highest BCUT2D eigenvalue weighted by Gasteiger charge is 2.40. The number of nitrogens with one attached hydrogen (secondary N) is 1. The van der Waals surface area contributed by atoms with Crippen LogP contribution in [0.1, 0.15) is 46.0 Å². The second-order valence-electron chi connectivity index (χ2n) is 5.71. The maximum Gasteiger partial charge on any atom is 0.290 e. The van der Waals surface area contributed by atoms with E-state index in [1.807, 2.05) is 26.8 Å². The number of aromatic amines is 1. The highest BCUT2D eigenvalue weighted by atomic mass is 16.5. The van der Waals surface area contributed by atoms with Crippen molar-refractivity contribution in [1.29, 1.82) is 0 Å². The van der Waals surface area contributed by atoms with E-state index in [4.69, 9.17) is 9.15 Å². The zero-order valence-electron chi connectivity index (χ0n) is 13.2. The number of likely N-dealkylation sites (tertiary alicyclic amines) is 1. The fraction of sp³-hybridized carbons (Fsp3) is 0.533. The number of carbonyl (C=O) groups is 1. The molecule has 0 saturated carbocycles. The van der Waals surface area contributed by atoms with Gasteiger partial charge in [0.15, 0.2) is 11.6 Å². The molecule has 0 aliphatic carbocycles. The summed E-state index contributed by atoms with van der Waals surface area (Å²) in [6.07, 6.45) is 0.655. The summed E-state index contributed by atoms with van der Waals surface area (Å²) < 4.78 is 11.0. The van der Waals surface area contributed by atoms with Crippen molar-refractivity contribution in [3.05, 3.63) is 34.8 Å². The van der Waals surface area contributed by atoms with E-state index in [0.29, 0.717) is 24.6 Å². The summed E-state index contributed by atoms with van der Waals surface area (Å²) in [5, 5.41) is 7.03. The minimum Gasteiger partial charge on any atom is -0.456 e. The van der Waals surface area contributed by atoms with Crippen molar-refractivity contribution in [2.24, 2.45) is 0 Å². The van der Waals surface area contributed by atoms with Crippen LogP contribution >= 0.6 is 0 Å². The molecule has 2 aromatic rings. The molecular weight excluding hydrogens is 284 g/mol. The van der Waals surface area contributed by atoms with Crippen molar-refractivity contribution in [1.82, 2.24) is 20.1 Å². The number of aromatic nitrogens is 3. The zero-order valence-corrected chi connectivity index (χ0v) is 13.2. The molecule has 1 aliphatic heterocycles. The molecule has 7 nitrogen and oxygen atoms in total. The topological polar surface area (TPSA) is 84.2 Å². The van der Waals surface area contributed by atoms with Crippen LogP contribution in [0.2, 0.25) is 0 Å². The first-order valence-electron chi connectivity index (χ1n) is 7.29. The number of hydrogen-bond donors (Lipinski definition) is 1. The average molecular weight is 304 g/mol. The van der Waals surface area contributed by atoms with Gasteiger partial charge in [-0.05, 0) is 26.8 Å². The minimum atomic E-state index is -0.202. The lowest BCUT2D eigenvalue weighted by Gasteiger charge is -2.21. The van der Waals surface area contributed by atoms with Gasteiger partial charge in [0, 0.05) is 25.6 Å². The standard InChI is InChI=1S/C15H20N4O3/c1-8-5-9(2)22-13(8)15(20)19-7-11(21-4)6-12(19)14-16-10(3)17-18-14/h5,11-12H,6-7H2,1-4H3,(H,16,17,18)/t11-,12+/m1/s1. The smallest absolute Gasteiger partial charge is 0.290 e. The second kappa shape index (κ2) is 5.57. The van der Waals surface area contributed by atoms with Crippen molar-refractivity contribution >= 4 is 5.91 Å². The van der Waals surface area contributed by atoms with E-state index in [-0.39, 0.29) is 18.1 Å². The molecule has 2 atom stereocenters. The Morgan fingerprint density at radius 2 is 2.23 bits per heavy atom. The molecule has 22 heavy (non-hydrogen) atoms. The van der Waals surface area contributed by atoms with Gasteiger partial charge in [-0.1, -0.05) is 0 Å². The molecule has 1 amide bonds. The SMILES string of the molecule is CO[C@@H]1C[C@@H](c2n[nH]c(C)n2)N(C(=O)c2oc(C)cc2C)C1. The third kappa shape index (κ3) is 2.52. The van der Waals surface area contributed by atoms with Crippen LogP contribution in [0.4, 0.5) is 0 Å². The third-order valence-electron chi connectivity index (χ3n) is 4.00. The normalized spacial score (nSPS) is 21.5. The molecule has 2 aromatic heterocycles. The average Bonchev–Trinajstić information content (AvgIpc) is 3.16. The van der Waals surface area contributed by atoms with Crippen molar-refractivity contribution in [3.8, 4) is 0 Å². The molecular formula is C15H20N4O3. The Kier molecular flexibility index (Phi) is 3.74. The van der Waals surface area contributed by atoms with Crippen LogP contribution in [-0.4, -0.2) is 45.7 Å². The van der Waals surface area contributed by atoms with E-state index < -0.39 is 0 Å². The number of ether oxygens (including phenoxy) is 1. The number of nitrogens with zero attached hydrogens (tertiary/aromatic N) is 3. The molecule has 118 valence electrons. The first-order valence-corrected chi connectivity index (χ1v) is 7.29. The first kappa shape index (κ1) is 14.8. The number of hydrogen-bond acceptors (Lipinski definition) is 5. The summed E-state index contributed by atoms with van der Waals surface area (Å²) >= 11 is 0. The molecule has 0 bridgehead atoms. The van der Waals surface area contributed by atoms with E-state index in [0.717, 1.165) is 17.1 Å². The fourth-order valence-electron chi connectivity index (χ4n) is 2.93. The monoisotopic (exact) mass is 304 g/mol. The first-order chi connectivity index (χ1) is 10.5. The predicted molar refractivity (Wildman–Crippen MR) is 78.5 cm³/mol. The van der Waals surface area contributed by atoms with Crippen molar-refractivity contribution in [2.75, 3.05) is 13.7 Å². The summed E-state index contributed by atoms with van der Waals surface area (Å²) in [6, 6.07) is 1.66. The van der Waals surface area contributed by atoms with Crippen LogP contribution < -0.4 is 0 Å². The number of aryl methyl sites for hydroxylation is 3. The maximum atomic E-state index is 12.8. The van der Waals surface area contributed by atoms with Crippen LogP contribution in [-0.2, 0) is 4.74 Å². The molecule has 1 aliphatic rings. The number of carbonyl (C=O) groups excluding carboxylic acids is 1. The number of rotatable bonds is 3. The van der Waals surface area contributed by atoms with Crippen molar-refractivity contribution in [3.63, 3.8) is 0 Å². The zero-order chi connectivity index (χ0) is 15.9. The van der Waals surface area contributed by atoms with Crippen LogP contribution in [0.5, 0.6) is 0 Å². The van der Waals surface area contributed by atoms with Gasteiger partial charge >= 0.3 is 0 Å². The highest BCUT2D eigenvalue weighted by Crippen LogP contribution is 2.33. The van der Waals surface area contributed by atoms with Gasteiger partial charge in [0.25, 0.3) is 5.91 Å². The Labute approximate surface area is 128 Å². The van der Waals surface area contributed by atoms with Gasteiger partial charge in [0.05, 0.1) is 12.1 Å². The van der Waals surface area contributed by atoms with Gasteiger partial charge in [0.1, 0.15) is 11.6 Å². The fourth-order valence-corrected chi connectivity index (χ4v) is 2.93. The maximum absolute atomic E-state index is 12.8. The van der Waals surface area contributed by atoms with Gasteiger partial charge in [-0.2, -0.15) is 5.10 Å². The van der Waals surface area contributed by atoms with E-state index in [9.17, 15) is 4.79 Å². The summed E-state index contributed by atoms with van der Waals surface area (Å²) in [5.74, 6) is 2.32. The third-order valence-corrected chi connectivity index (χ3v) is 4.00. The van der Waals surface area contributed by atoms with E-state index in [1.165, 1.54) is 0 Å². The summed E-state index contributed by atoms with van der Waals surface area (Å²) in [6.45, 7) is 6.06. The molecule has 3 heterocycles. The lowest BCUT2D eigenvalue weighted by atomic mass is 10.2. The molecule has 0 radical (unpaired) electrons. The Morgan fingerprint density at radius 3 is 2.77 bits per heavy atom. The molecule has 0 unspecified atom stereocenters. The number of H-pyrrole nitrogens is 1. The van der Waals surface area contributed by atoms with E-state index in [1.54, 1.807) is 12.0 Å². The predicted octanol–water partition coefficient (Wildman–Crippen LogP) is 1.93.